The van der Waals surface area contributed by atoms with E-state index in [1.165, 1.54) is 6.42 Å². The Bertz CT molecular complexity index is 489. The van der Waals surface area contributed by atoms with Gasteiger partial charge in [-0.2, -0.15) is 0 Å². The highest BCUT2D eigenvalue weighted by molar-refractivity contribution is 5.99. The minimum absolute atomic E-state index is 0.359. The number of hydrogen-bond acceptors (Lipinski definition) is 4. The van der Waals surface area contributed by atoms with Crippen LogP contribution in [0.1, 0.15) is 42.1 Å². The Labute approximate surface area is 120 Å². The summed E-state index contributed by atoms with van der Waals surface area (Å²) in [6.45, 7) is 5.46. The topological polar surface area (TPSA) is 85.2 Å². The minimum Gasteiger partial charge on any atom is -0.365 e. The molecule has 0 aromatic carbocycles. The molecule has 20 heavy (non-hydrogen) atoms. The van der Waals surface area contributed by atoms with E-state index < -0.39 is 5.91 Å². The number of aromatic nitrogens is 1. The molecule has 2 rings (SSSR count). The average Bonchev–Trinajstić information content (AvgIpc) is 2.87. The molecule has 4 N–H and O–H groups in total. The van der Waals surface area contributed by atoms with Gasteiger partial charge >= 0.3 is 0 Å². The van der Waals surface area contributed by atoms with Crippen molar-refractivity contribution in [2.75, 3.05) is 18.0 Å². The van der Waals surface area contributed by atoms with Gasteiger partial charge in [-0.25, -0.2) is 4.98 Å². The molecule has 2 unspecified atom stereocenters. The van der Waals surface area contributed by atoms with E-state index in [4.69, 9.17) is 11.5 Å². The Balaban J connectivity index is 2.42. The van der Waals surface area contributed by atoms with Crippen molar-refractivity contribution in [2.24, 2.45) is 17.4 Å². The summed E-state index contributed by atoms with van der Waals surface area (Å²) in [6.07, 6.45) is 5.17. The zero-order valence-electron chi connectivity index (χ0n) is 12.3. The quantitative estimate of drug-likeness (QED) is 0.852. The van der Waals surface area contributed by atoms with Crippen LogP contribution in [-0.2, 0) is 0 Å². The van der Waals surface area contributed by atoms with Gasteiger partial charge in [0.15, 0.2) is 0 Å². The molecule has 1 aromatic heterocycles. The van der Waals surface area contributed by atoms with Gasteiger partial charge in [0.25, 0.3) is 5.91 Å². The normalized spacial score (nSPS) is 21.9. The number of hydrogen-bond donors (Lipinski definition) is 2. The van der Waals surface area contributed by atoms with E-state index in [2.05, 4.69) is 16.8 Å². The lowest BCUT2D eigenvalue weighted by Crippen LogP contribution is -2.42. The van der Waals surface area contributed by atoms with Gasteiger partial charge in [0, 0.05) is 18.8 Å². The van der Waals surface area contributed by atoms with Gasteiger partial charge in [-0.1, -0.05) is 6.42 Å². The Morgan fingerprint density at radius 3 is 2.85 bits per heavy atom. The summed E-state index contributed by atoms with van der Waals surface area (Å²) < 4.78 is 0. The molecule has 0 spiro atoms. The van der Waals surface area contributed by atoms with E-state index in [0.29, 0.717) is 29.9 Å². The molecule has 2 atom stereocenters. The molecule has 1 aliphatic carbocycles. The Kier molecular flexibility index (Phi) is 4.60. The van der Waals surface area contributed by atoms with Crippen molar-refractivity contribution in [1.29, 1.82) is 0 Å². The van der Waals surface area contributed by atoms with Gasteiger partial charge < -0.3 is 16.4 Å². The zero-order chi connectivity index (χ0) is 14.7. The first-order chi connectivity index (χ1) is 9.60. The van der Waals surface area contributed by atoms with Crippen molar-refractivity contribution in [3.8, 4) is 0 Å². The molecule has 0 bridgehead atoms. The number of rotatable bonds is 5. The fraction of sp³-hybridized carbons (Fsp3) is 0.600. The predicted molar refractivity (Wildman–Crippen MR) is 80.7 cm³/mol. The largest absolute Gasteiger partial charge is 0.365 e. The van der Waals surface area contributed by atoms with E-state index in [0.717, 1.165) is 24.9 Å². The van der Waals surface area contributed by atoms with Crippen LogP contribution >= 0.6 is 0 Å². The SMILES string of the molecule is CCN(c1nccc(C)c1C(N)=O)C1CCCC1CN. The molecular formula is C15H24N4O. The van der Waals surface area contributed by atoms with Crippen molar-refractivity contribution >= 4 is 11.7 Å². The number of pyridine rings is 1. The molecule has 110 valence electrons. The van der Waals surface area contributed by atoms with Crippen molar-refractivity contribution in [3.63, 3.8) is 0 Å². The van der Waals surface area contributed by atoms with Crippen LogP contribution < -0.4 is 16.4 Å². The summed E-state index contributed by atoms with van der Waals surface area (Å²) in [4.78, 5) is 18.4. The summed E-state index contributed by atoms with van der Waals surface area (Å²) in [5, 5.41) is 0. The van der Waals surface area contributed by atoms with Crippen LogP contribution in [0, 0.1) is 12.8 Å². The Morgan fingerprint density at radius 1 is 1.50 bits per heavy atom. The van der Waals surface area contributed by atoms with E-state index in [1.54, 1.807) is 6.20 Å². The highest BCUT2D eigenvalue weighted by Crippen LogP contribution is 2.33. The number of primary amides is 1. The van der Waals surface area contributed by atoms with Crippen LogP contribution in [0.5, 0.6) is 0 Å². The molecule has 1 saturated carbocycles. The minimum atomic E-state index is -0.411. The Morgan fingerprint density at radius 2 is 2.25 bits per heavy atom. The third kappa shape index (κ3) is 2.63. The molecule has 5 nitrogen and oxygen atoms in total. The van der Waals surface area contributed by atoms with Crippen LogP contribution in [0.4, 0.5) is 5.82 Å². The molecule has 0 aliphatic heterocycles. The average molecular weight is 276 g/mol. The van der Waals surface area contributed by atoms with Crippen LogP contribution in [0.3, 0.4) is 0 Å². The molecule has 1 heterocycles. The maximum Gasteiger partial charge on any atom is 0.252 e. The summed E-state index contributed by atoms with van der Waals surface area (Å²) >= 11 is 0. The van der Waals surface area contributed by atoms with Crippen LogP contribution in [0.2, 0.25) is 0 Å². The van der Waals surface area contributed by atoms with Crippen molar-refractivity contribution in [3.05, 3.63) is 23.4 Å². The third-order valence-corrected chi connectivity index (χ3v) is 4.32. The fourth-order valence-corrected chi connectivity index (χ4v) is 3.31. The standard InChI is InChI=1S/C15H24N4O/c1-3-19(12-6-4-5-11(12)9-16)15-13(14(17)20)10(2)7-8-18-15/h7-8,11-12H,3-6,9,16H2,1-2H3,(H2,17,20). The predicted octanol–water partition coefficient (Wildman–Crippen LogP) is 1.44. The summed E-state index contributed by atoms with van der Waals surface area (Å²) in [5.74, 6) is 0.773. The summed E-state index contributed by atoms with van der Waals surface area (Å²) in [7, 11) is 0. The van der Waals surface area contributed by atoms with Gasteiger partial charge in [-0.05, 0) is 50.8 Å². The lowest BCUT2D eigenvalue weighted by molar-refractivity contribution is 0.0999. The maximum atomic E-state index is 11.8. The number of aryl methyl sites for hydroxylation is 1. The number of carbonyl (C=O) groups excluding carboxylic acids is 1. The van der Waals surface area contributed by atoms with Gasteiger partial charge in [-0.3, -0.25) is 4.79 Å². The second kappa shape index (κ2) is 6.22. The molecule has 0 saturated heterocycles. The molecule has 1 amide bonds. The molecular weight excluding hydrogens is 252 g/mol. The smallest absolute Gasteiger partial charge is 0.252 e. The highest BCUT2D eigenvalue weighted by Gasteiger charge is 2.33. The molecule has 0 radical (unpaired) electrons. The third-order valence-electron chi connectivity index (χ3n) is 4.32. The van der Waals surface area contributed by atoms with E-state index in [-0.39, 0.29) is 0 Å². The lowest BCUT2D eigenvalue weighted by atomic mass is 10.0. The first-order valence-electron chi connectivity index (χ1n) is 7.32. The first-order valence-corrected chi connectivity index (χ1v) is 7.32. The number of nitrogens with two attached hydrogens (primary N) is 2. The zero-order valence-corrected chi connectivity index (χ0v) is 12.3. The monoisotopic (exact) mass is 276 g/mol. The van der Waals surface area contributed by atoms with Gasteiger partial charge in [-0.15, -0.1) is 0 Å². The highest BCUT2D eigenvalue weighted by atomic mass is 16.1. The van der Waals surface area contributed by atoms with Crippen molar-refractivity contribution in [1.82, 2.24) is 4.98 Å². The molecule has 5 heteroatoms. The van der Waals surface area contributed by atoms with Crippen LogP contribution in [0.25, 0.3) is 0 Å². The Hall–Kier alpha value is -1.62. The van der Waals surface area contributed by atoms with Gasteiger partial charge in [0.1, 0.15) is 5.82 Å². The van der Waals surface area contributed by atoms with Gasteiger partial charge in [0.05, 0.1) is 5.56 Å². The maximum absolute atomic E-state index is 11.8. The summed E-state index contributed by atoms with van der Waals surface area (Å²) in [5.41, 5.74) is 12.8. The number of nitrogens with zero attached hydrogens (tertiary/aromatic N) is 2. The van der Waals surface area contributed by atoms with E-state index in [1.807, 2.05) is 13.0 Å². The van der Waals surface area contributed by atoms with E-state index in [9.17, 15) is 4.79 Å². The molecule has 1 aliphatic rings. The van der Waals surface area contributed by atoms with Crippen molar-refractivity contribution in [2.45, 2.75) is 39.2 Å². The first kappa shape index (κ1) is 14.8. The molecule has 1 fully saturated rings. The fourth-order valence-electron chi connectivity index (χ4n) is 3.31. The molecule has 1 aromatic rings. The van der Waals surface area contributed by atoms with Crippen LogP contribution in [-0.4, -0.2) is 30.0 Å². The number of anilines is 1. The number of amides is 1. The van der Waals surface area contributed by atoms with Crippen molar-refractivity contribution < 1.29 is 4.79 Å². The number of carbonyl (C=O) groups is 1. The van der Waals surface area contributed by atoms with E-state index >= 15 is 0 Å². The lowest BCUT2D eigenvalue weighted by Gasteiger charge is -2.34. The second-order valence-corrected chi connectivity index (χ2v) is 5.47. The van der Waals surface area contributed by atoms with Crippen LogP contribution in [0.15, 0.2) is 12.3 Å². The summed E-state index contributed by atoms with van der Waals surface area (Å²) in [6, 6.07) is 2.18. The van der Waals surface area contributed by atoms with Gasteiger partial charge in [0.2, 0.25) is 0 Å². The second-order valence-electron chi connectivity index (χ2n) is 5.47.